The highest BCUT2D eigenvalue weighted by atomic mass is 31.2. The Morgan fingerprint density at radius 2 is 0.635 bits per heavy atom. The van der Waals surface area contributed by atoms with Crippen LogP contribution in [0, 0.1) is 0 Å². The summed E-state index contributed by atoms with van der Waals surface area (Å²) in [5.41, 5.74) is -0.449. The van der Waals surface area contributed by atoms with Gasteiger partial charge in [0.25, 0.3) is 0 Å². The summed E-state index contributed by atoms with van der Waals surface area (Å²) in [6.45, 7) is 9.03. The van der Waals surface area contributed by atoms with Crippen molar-refractivity contribution < 1.29 is 45.9 Å². The lowest BCUT2D eigenvalue weighted by atomic mass is 10.1. The number of unbranched alkanes of at least 4 members (excludes halogenated alkanes) is 20. The van der Waals surface area contributed by atoms with Gasteiger partial charge in [-0.3, -0.25) is 18.1 Å². The number of carbonyl (C=O) groups excluding carboxylic acids is 2. The second kappa shape index (κ2) is 31.8. The Hall–Kier alpha value is -1.54. The Morgan fingerprint density at radius 3 is 0.885 bits per heavy atom. The zero-order valence-electron chi connectivity index (χ0n) is 33.1. The van der Waals surface area contributed by atoms with E-state index in [0.717, 1.165) is 128 Å². The van der Waals surface area contributed by atoms with Crippen LogP contribution in [0.25, 0.3) is 0 Å². The molecule has 1 rings (SSSR count). The molecule has 10 nitrogen and oxygen atoms in total. The molecule has 0 unspecified atom stereocenters. The summed E-state index contributed by atoms with van der Waals surface area (Å²) >= 11 is 0. The van der Waals surface area contributed by atoms with E-state index < -0.39 is 27.6 Å². The van der Waals surface area contributed by atoms with Gasteiger partial charge in [-0.1, -0.05) is 168 Å². The second-order valence-electron chi connectivity index (χ2n) is 13.6. The Bertz CT molecular complexity index is 1010. The van der Waals surface area contributed by atoms with E-state index in [1.807, 2.05) is 0 Å². The van der Waals surface area contributed by atoms with Crippen molar-refractivity contribution >= 4 is 27.6 Å². The molecule has 0 bridgehead atoms. The van der Waals surface area contributed by atoms with Crippen molar-refractivity contribution in [3.05, 3.63) is 35.4 Å². The molecule has 1 aromatic carbocycles. The van der Waals surface area contributed by atoms with Gasteiger partial charge >= 0.3 is 27.6 Å². The molecule has 0 aliphatic heterocycles. The van der Waals surface area contributed by atoms with Gasteiger partial charge in [0.2, 0.25) is 0 Å². The fourth-order valence-electron chi connectivity index (χ4n) is 5.56. The zero-order chi connectivity index (χ0) is 38.2. The topological polar surface area (TPSA) is 124 Å². The largest absolute Gasteiger partial charge is 0.532 e. The van der Waals surface area contributed by atoms with Crippen LogP contribution in [0.1, 0.15) is 203 Å². The molecule has 0 saturated carbocycles. The van der Waals surface area contributed by atoms with Crippen LogP contribution in [0.5, 0.6) is 0 Å². The molecular weight excluding hydrogens is 702 g/mol. The van der Waals surface area contributed by atoms with E-state index >= 15 is 0 Å². The minimum Gasteiger partial charge on any atom is -0.367 e. The molecule has 0 atom stereocenters. The molecule has 0 spiro atoms. The smallest absolute Gasteiger partial charge is 0.367 e. The van der Waals surface area contributed by atoms with Crippen molar-refractivity contribution in [2.45, 2.75) is 182 Å². The Balaban J connectivity index is 3.00. The van der Waals surface area contributed by atoms with E-state index in [-0.39, 0.29) is 37.6 Å². The Morgan fingerprint density at radius 1 is 0.404 bits per heavy atom. The molecule has 0 amide bonds. The molecule has 0 saturated heterocycles. The lowest BCUT2D eigenvalue weighted by Crippen LogP contribution is -2.15. The van der Waals surface area contributed by atoms with E-state index in [0.29, 0.717) is 25.7 Å². The van der Waals surface area contributed by atoms with Gasteiger partial charge in [0.15, 0.2) is 0 Å². The van der Waals surface area contributed by atoms with Gasteiger partial charge in [-0.15, -0.1) is 0 Å². The van der Waals surface area contributed by atoms with Gasteiger partial charge in [-0.05, 0) is 37.8 Å². The van der Waals surface area contributed by atoms with Crippen LogP contribution >= 0.6 is 15.6 Å². The highest BCUT2D eigenvalue weighted by Gasteiger charge is 2.36. The first-order valence-corrected chi connectivity index (χ1v) is 23.5. The second-order valence-corrected chi connectivity index (χ2v) is 16.8. The summed E-state index contributed by atoms with van der Waals surface area (Å²) in [7, 11) is -8.64. The van der Waals surface area contributed by atoms with Crippen LogP contribution < -0.4 is 0 Å². The van der Waals surface area contributed by atoms with Crippen molar-refractivity contribution in [2.24, 2.45) is 0 Å². The number of benzene rings is 1. The van der Waals surface area contributed by atoms with Gasteiger partial charge in [-0.25, -0.2) is 18.7 Å². The zero-order valence-corrected chi connectivity index (χ0v) is 34.9. The minimum absolute atomic E-state index is 0.103. The van der Waals surface area contributed by atoms with Crippen molar-refractivity contribution in [3.8, 4) is 0 Å². The lowest BCUT2D eigenvalue weighted by Gasteiger charge is -2.20. The highest BCUT2D eigenvalue weighted by Crippen LogP contribution is 2.52. The summed E-state index contributed by atoms with van der Waals surface area (Å²) in [5, 5.41) is 0. The highest BCUT2D eigenvalue weighted by molar-refractivity contribution is 7.49. The number of phosphoric acid groups is 2. The van der Waals surface area contributed by atoms with E-state index in [2.05, 4.69) is 27.7 Å². The number of hydrogen-bond acceptors (Lipinski definition) is 10. The quantitative estimate of drug-likeness (QED) is 0.0480. The van der Waals surface area contributed by atoms with Crippen LogP contribution in [0.4, 0.5) is 0 Å². The van der Waals surface area contributed by atoms with Crippen molar-refractivity contribution in [1.29, 1.82) is 0 Å². The molecule has 0 N–H and O–H groups in total. The maximum atomic E-state index is 13.7. The standard InChI is InChI=1S/C40H72O10P2/c1-5-9-13-17-21-27-33-45-51(43,46-34-28-22-18-14-10-6-2)49-39(41)37-31-25-26-32-38(37)40(42)50-52(44,47-35-29-23-19-15-11-7-3)48-36-30-24-20-16-12-8-4/h25-26,31-32H,5-24,27-30,33-36H2,1-4H3. The fraction of sp³-hybridized carbons (Fsp3) is 0.800. The van der Waals surface area contributed by atoms with Gasteiger partial charge in [0.05, 0.1) is 37.6 Å². The minimum atomic E-state index is -4.32. The molecule has 12 heteroatoms. The van der Waals surface area contributed by atoms with Crippen molar-refractivity contribution in [3.63, 3.8) is 0 Å². The van der Waals surface area contributed by atoms with Crippen LogP contribution in [-0.2, 0) is 36.3 Å². The predicted molar refractivity (Wildman–Crippen MR) is 210 cm³/mol. The molecule has 0 aromatic heterocycles. The molecule has 0 heterocycles. The van der Waals surface area contributed by atoms with E-state index in [9.17, 15) is 18.7 Å². The third kappa shape index (κ3) is 24.0. The van der Waals surface area contributed by atoms with Gasteiger partial charge in [0, 0.05) is 0 Å². The van der Waals surface area contributed by atoms with Crippen LogP contribution in [0.3, 0.4) is 0 Å². The molecule has 0 radical (unpaired) electrons. The first kappa shape index (κ1) is 48.5. The monoisotopic (exact) mass is 774 g/mol. The molecule has 0 aliphatic carbocycles. The maximum absolute atomic E-state index is 13.7. The van der Waals surface area contributed by atoms with Gasteiger partial charge in [0.1, 0.15) is 0 Å². The average molecular weight is 775 g/mol. The molecule has 0 fully saturated rings. The summed E-state index contributed by atoms with van der Waals surface area (Å²) < 4.78 is 60.8. The van der Waals surface area contributed by atoms with E-state index in [1.54, 1.807) is 0 Å². The van der Waals surface area contributed by atoms with Crippen molar-refractivity contribution in [2.75, 3.05) is 26.4 Å². The van der Waals surface area contributed by atoms with Gasteiger partial charge in [-0.2, -0.15) is 0 Å². The number of rotatable bonds is 36. The molecule has 0 aliphatic rings. The van der Waals surface area contributed by atoms with Crippen LogP contribution in [0.15, 0.2) is 24.3 Å². The SMILES string of the molecule is CCCCCCCCOP(=O)(OCCCCCCCC)OC(=O)c1ccccc1C(=O)OP(=O)(OCCCCCCCC)OCCCCCCCC. The number of carbonyl (C=O) groups is 2. The summed E-state index contributed by atoms with van der Waals surface area (Å²) in [6.07, 6.45) is 23.9. The number of hydrogen-bond donors (Lipinski definition) is 0. The average Bonchev–Trinajstić information content (AvgIpc) is 3.13. The Kier molecular flexibility index (Phi) is 29.6. The summed E-state index contributed by atoms with van der Waals surface area (Å²) in [5.74, 6) is -2.14. The summed E-state index contributed by atoms with van der Waals surface area (Å²) in [4.78, 5) is 27.0. The predicted octanol–water partition coefficient (Wildman–Crippen LogP) is 13.7. The van der Waals surface area contributed by atoms with E-state index in [1.165, 1.54) is 24.3 Å². The molecule has 1 aromatic rings. The third-order valence-corrected chi connectivity index (χ3v) is 11.5. The van der Waals surface area contributed by atoms with Gasteiger partial charge < -0.3 is 9.05 Å². The first-order valence-electron chi connectivity index (χ1n) is 20.6. The Labute approximate surface area is 316 Å². The molecule has 52 heavy (non-hydrogen) atoms. The van der Waals surface area contributed by atoms with Crippen LogP contribution in [-0.4, -0.2) is 38.4 Å². The maximum Gasteiger partial charge on any atom is 0.532 e. The number of phosphoric ester groups is 2. The normalized spacial score (nSPS) is 11.9. The van der Waals surface area contributed by atoms with Crippen LogP contribution in [0.2, 0.25) is 0 Å². The lowest BCUT2D eigenvalue weighted by molar-refractivity contribution is 0.0539. The van der Waals surface area contributed by atoms with E-state index in [4.69, 9.17) is 27.1 Å². The first-order chi connectivity index (χ1) is 25.2. The molecule has 302 valence electrons. The fourth-order valence-corrected chi connectivity index (χ4v) is 7.93. The third-order valence-electron chi connectivity index (χ3n) is 8.75. The molecular formula is C40H72O10P2. The summed E-state index contributed by atoms with van der Waals surface area (Å²) in [6, 6.07) is 5.78. The van der Waals surface area contributed by atoms with Crippen molar-refractivity contribution in [1.82, 2.24) is 0 Å².